The van der Waals surface area contributed by atoms with Gasteiger partial charge in [-0.1, -0.05) is 24.3 Å². The van der Waals surface area contributed by atoms with Crippen molar-refractivity contribution in [2.24, 2.45) is 0 Å². The van der Waals surface area contributed by atoms with Crippen molar-refractivity contribution in [2.75, 3.05) is 37.8 Å². The number of rotatable bonds is 9. The molecular formula is C36H31FN8O. The summed E-state index contributed by atoms with van der Waals surface area (Å²) in [6.45, 7) is 1.52. The number of halogens is 1. The molecule has 4 heterocycles. The third-order valence-corrected chi connectivity index (χ3v) is 7.79. The molecule has 0 aliphatic rings. The molecule has 228 valence electrons. The van der Waals surface area contributed by atoms with Crippen LogP contribution in [0.3, 0.4) is 0 Å². The summed E-state index contributed by atoms with van der Waals surface area (Å²) in [5, 5.41) is 15.8. The molecule has 10 heteroatoms. The SMILES string of the molecule is CN(C)CCNc1cc(F)cc(-c2nccc3[nH]c(-c4n[nH]c5ccc(-c6cncc(NC(=O)c7ccccc7)c6)cc45)cc23)c1. The highest BCUT2D eigenvalue weighted by atomic mass is 19.1. The summed E-state index contributed by atoms with van der Waals surface area (Å²) in [5.74, 6) is -0.529. The number of hydrogen-bond acceptors (Lipinski definition) is 6. The van der Waals surface area contributed by atoms with Crippen LogP contribution in [0.1, 0.15) is 10.4 Å². The fraction of sp³-hybridized carbons (Fsp3) is 0.111. The Hall–Kier alpha value is -5.87. The first-order valence-corrected chi connectivity index (χ1v) is 14.9. The Labute approximate surface area is 264 Å². The van der Waals surface area contributed by atoms with Gasteiger partial charge < -0.3 is 20.5 Å². The zero-order valence-corrected chi connectivity index (χ0v) is 25.3. The predicted octanol–water partition coefficient (Wildman–Crippen LogP) is 7.20. The minimum atomic E-state index is -0.330. The second-order valence-corrected chi connectivity index (χ2v) is 11.4. The quantitative estimate of drug-likeness (QED) is 0.137. The van der Waals surface area contributed by atoms with Crippen LogP contribution in [0.2, 0.25) is 0 Å². The smallest absolute Gasteiger partial charge is 0.255 e. The highest BCUT2D eigenvalue weighted by Gasteiger charge is 2.16. The van der Waals surface area contributed by atoms with Gasteiger partial charge >= 0.3 is 0 Å². The van der Waals surface area contributed by atoms with E-state index in [1.54, 1.807) is 30.7 Å². The zero-order valence-electron chi connectivity index (χ0n) is 25.3. The lowest BCUT2D eigenvalue weighted by molar-refractivity contribution is 0.102. The maximum absolute atomic E-state index is 14.7. The number of aromatic nitrogens is 5. The molecule has 0 bridgehead atoms. The first kappa shape index (κ1) is 28.9. The number of pyridine rings is 2. The molecule has 0 atom stereocenters. The van der Waals surface area contributed by atoms with E-state index in [-0.39, 0.29) is 11.7 Å². The van der Waals surface area contributed by atoms with Gasteiger partial charge in [-0.15, -0.1) is 0 Å². The van der Waals surface area contributed by atoms with Gasteiger partial charge in [-0.3, -0.25) is 19.9 Å². The molecule has 4 N–H and O–H groups in total. The van der Waals surface area contributed by atoms with E-state index in [0.29, 0.717) is 34.7 Å². The third kappa shape index (κ3) is 5.93. The number of fused-ring (bicyclic) bond motifs is 2. The Morgan fingerprint density at radius 1 is 0.826 bits per heavy atom. The molecule has 0 saturated heterocycles. The lowest BCUT2D eigenvalue weighted by Crippen LogP contribution is -2.20. The van der Waals surface area contributed by atoms with E-state index in [9.17, 15) is 9.18 Å². The summed E-state index contributed by atoms with van der Waals surface area (Å²) in [5.41, 5.74) is 8.29. The number of carbonyl (C=O) groups is 1. The molecule has 9 nitrogen and oxygen atoms in total. The number of anilines is 2. The number of nitrogens with zero attached hydrogens (tertiary/aromatic N) is 4. The highest BCUT2D eigenvalue weighted by Crippen LogP contribution is 2.35. The van der Waals surface area contributed by atoms with Crippen molar-refractivity contribution in [2.45, 2.75) is 0 Å². The van der Waals surface area contributed by atoms with Crippen LogP contribution in [0.4, 0.5) is 15.8 Å². The van der Waals surface area contributed by atoms with E-state index in [2.05, 4.69) is 46.7 Å². The van der Waals surface area contributed by atoms with Gasteiger partial charge in [-0.05, 0) is 80.3 Å². The molecule has 0 aliphatic carbocycles. The number of carbonyl (C=O) groups excluding carboxylic acids is 1. The van der Waals surface area contributed by atoms with Gasteiger partial charge in [0.15, 0.2) is 0 Å². The van der Waals surface area contributed by atoms with Gasteiger partial charge in [0.05, 0.1) is 28.8 Å². The molecule has 0 spiro atoms. The largest absolute Gasteiger partial charge is 0.384 e. The van der Waals surface area contributed by atoms with E-state index < -0.39 is 0 Å². The molecule has 7 aromatic rings. The minimum absolute atomic E-state index is 0.199. The second-order valence-electron chi connectivity index (χ2n) is 11.4. The number of aromatic amines is 2. The van der Waals surface area contributed by atoms with E-state index >= 15 is 0 Å². The Bertz CT molecular complexity index is 2190. The summed E-state index contributed by atoms with van der Waals surface area (Å²) in [7, 11) is 4.00. The van der Waals surface area contributed by atoms with Gasteiger partial charge in [-0.25, -0.2) is 4.39 Å². The van der Waals surface area contributed by atoms with Gasteiger partial charge in [0.25, 0.3) is 5.91 Å². The predicted molar refractivity (Wildman–Crippen MR) is 181 cm³/mol. The normalized spacial score (nSPS) is 11.4. The number of hydrogen-bond donors (Lipinski definition) is 4. The molecule has 0 saturated carbocycles. The molecular weight excluding hydrogens is 579 g/mol. The number of benzene rings is 3. The van der Waals surface area contributed by atoms with E-state index in [1.807, 2.05) is 68.7 Å². The van der Waals surface area contributed by atoms with Crippen molar-refractivity contribution in [3.8, 4) is 33.8 Å². The summed E-state index contributed by atoms with van der Waals surface area (Å²) < 4.78 is 14.7. The van der Waals surface area contributed by atoms with E-state index in [0.717, 1.165) is 50.9 Å². The summed E-state index contributed by atoms with van der Waals surface area (Å²) in [6, 6.07) is 25.8. The van der Waals surface area contributed by atoms with Crippen LogP contribution in [0.25, 0.3) is 55.6 Å². The minimum Gasteiger partial charge on any atom is -0.384 e. The van der Waals surface area contributed by atoms with Crippen LogP contribution < -0.4 is 10.6 Å². The van der Waals surface area contributed by atoms with Crippen LogP contribution in [0, 0.1) is 5.82 Å². The maximum Gasteiger partial charge on any atom is 0.255 e. The summed E-state index contributed by atoms with van der Waals surface area (Å²) in [4.78, 5) is 27.3. The summed E-state index contributed by atoms with van der Waals surface area (Å²) >= 11 is 0. The molecule has 0 aliphatic heterocycles. The van der Waals surface area contributed by atoms with Gasteiger partial charge in [0.2, 0.25) is 0 Å². The Morgan fingerprint density at radius 3 is 2.50 bits per heavy atom. The van der Waals surface area contributed by atoms with Crippen LogP contribution in [0.5, 0.6) is 0 Å². The Kier molecular flexibility index (Phi) is 7.69. The van der Waals surface area contributed by atoms with Gasteiger partial charge in [-0.2, -0.15) is 5.10 Å². The maximum atomic E-state index is 14.7. The topological polar surface area (TPSA) is 115 Å². The lowest BCUT2D eigenvalue weighted by Gasteiger charge is -2.12. The Morgan fingerprint density at radius 2 is 1.65 bits per heavy atom. The standard InChI is InChI=1S/C36H31FN8O/c1-45(2)13-12-39-27-15-24(14-26(37)18-27)34-30-19-33(42-31(30)10-11-40-34)35-29-17-23(8-9-32(29)43-44-35)25-16-28(21-38-20-25)41-36(46)22-6-4-3-5-7-22/h3-11,14-21,39,42H,12-13H2,1-2H3,(H,41,46)(H,43,44). The molecule has 0 unspecified atom stereocenters. The molecule has 46 heavy (non-hydrogen) atoms. The van der Waals surface area contributed by atoms with E-state index in [1.165, 1.54) is 12.1 Å². The molecule has 0 radical (unpaired) electrons. The number of H-pyrrole nitrogens is 2. The molecule has 3 aromatic carbocycles. The average Bonchev–Trinajstić information content (AvgIpc) is 3.69. The van der Waals surface area contributed by atoms with Crippen molar-refractivity contribution >= 4 is 39.1 Å². The fourth-order valence-electron chi connectivity index (χ4n) is 5.52. The van der Waals surface area contributed by atoms with Crippen molar-refractivity contribution in [1.82, 2.24) is 30.0 Å². The van der Waals surface area contributed by atoms with Crippen molar-refractivity contribution < 1.29 is 9.18 Å². The van der Waals surface area contributed by atoms with Crippen LogP contribution in [-0.4, -0.2) is 63.1 Å². The van der Waals surface area contributed by atoms with Crippen molar-refractivity contribution in [1.29, 1.82) is 0 Å². The third-order valence-electron chi connectivity index (χ3n) is 7.79. The average molecular weight is 611 g/mol. The van der Waals surface area contributed by atoms with E-state index in [4.69, 9.17) is 0 Å². The lowest BCUT2D eigenvalue weighted by atomic mass is 10.0. The number of amides is 1. The monoisotopic (exact) mass is 610 g/mol. The first-order valence-electron chi connectivity index (χ1n) is 14.9. The van der Waals surface area contributed by atoms with Crippen molar-refractivity contribution in [3.63, 3.8) is 0 Å². The fourth-order valence-corrected chi connectivity index (χ4v) is 5.52. The molecule has 0 fully saturated rings. The second kappa shape index (κ2) is 12.3. The van der Waals surface area contributed by atoms with Crippen molar-refractivity contribution in [3.05, 3.63) is 115 Å². The molecule has 7 rings (SSSR count). The molecule has 4 aromatic heterocycles. The first-order chi connectivity index (χ1) is 22.4. The van der Waals surface area contributed by atoms with Gasteiger partial charge in [0.1, 0.15) is 11.5 Å². The number of likely N-dealkylation sites (N-methyl/N-ethyl adjacent to an activating group) is 1. The summed E-state index contributed by atoms with van der Waals surface area (Å²) in [6.07, 6.45) is 5.12. The highest BCUT2D eigenvalue weighted by molar-refractivity contribution is 6.05. The number of nitrogens with one attached hydrogen (secondary N) is 4. The molecule has 1 amide bonds. The van der Waals surface area contributed by atoms with Crippen LogP contribution in [0.15, 0.2) is 104 Å². The Balaban J connectivity index is 1.21. The zero-order chi connectivity index (χ0) is 31.6. The van der Waals surface area contributed by atoms with Gasteiger partial charge in [0, 0.05) is 64.2 Å². The van der Waals surface area contributed by atoms with Crippen LogP contribution >= 0.6 is 0 Å². The van der Waals surface area contributed by atoms with Crippen LogP contribution in [-0.2, 0) is 0 Å².